The third-order valence-corrected chi connectivity index (χ3v) is 2.17. The van der Waals surface area contributed by atoms with Gasteiger partial charge < -0.3 is 10.1 Å². The van der Waals surface area contributed by atoms with Crippen molar-refractivity contribution in [1.29, 1.82) is 0 Å². The van der Waals surface area contributed by atoms with Gasteiger partial charge in [0.1, 0.15) is 0 Å². The van der Waals surface area contributed by atoms with Crippen molar-refractivity contribution in [3.63, 3.8) is 0 Å². The third kappa shape index (κ3) is 10.0. The summed E-state index contributed by atoms with van der Waals surface area (Å²) in [6.45, 7) is 3.21. The number of hydrogen-bond acceptors (Lipinski definition) is 2. The fourth-order valence-corrected chi connectivity index (χ4v) is 1.45. The van der Waals surface area contributed by atoms with E-state index in [9.17, 15) is 13.2 Å². The van der Waals surface area contributed by atoms with Crippen molar-refractivity contribution in [3.05, 3.63) is 0 Å². The van der Waals surface area contributed by atoms with Crippen LogP contribution < -0.4 is 5.32 Å². The number of ether oxygens (including phenoxy) is 1. The van der Waals surface area contributed by atoms with Crippen LogP contribution in [0.4, 0.5) is 13.2 Å². The smallest absolute Gasteiger partial charge is 0.385 e. The molecule has 0 spiro atoms. The number of halogens is 3. The van der Waals surface area contributed by atoms with Crippen LogP contribution in [0.15, 0.2) is 0 Å². The highest BCUT2D eigenvalue weighted by Crippen LogP contribution is 2.23. The largest absolute Gasteiger partial charge is 0.389 e. The third-order valence-electron chi connectivity index (χ3n) is 2.17. The van der Waals surface area contributed by atoms with Gasteiger partial charge in [-0.1, -0.05) is 6.92 Å². The van der Waals surface area contributed by atoms with E-state index in [1.54, 1.807) is 7.11 Å². The first-order valence-electron chi connectivity index (χ1n) is 5.28. The van der Waals surface area contributed by atoms with Crippen LogP contribution in [0.2, 0.25) is 0 Å². The molecule has 2 nitrogen and oxygen atoms in total. The lowest BCUT2D eigenvalue weighted by molar-refractivity contribution is -0.136. The molecule has 1 N–H and O–H groups in total. The molecule has 0 bridgehead atoms. The van der Waals surface area contributed by atoms with Crippen LogP contribution in [-0.2, 0) is 4.74 Å². The van der Waals surface area contributed by atoms with E-state index in [1.807, 2.05) is 6.92 Å². The molecule has 0 aliphatic rings. The second-order valence-corrected chi connectivity index (χ2v) is 3.54. The summed E-state index contributed by atoms with van der Waals surface area (Å²) in [4.78, 5) is 0. The maximum atomic E-state index is 12.0. The number of methoxy groups -OCH3 is 1. The quantitative estimate of drug-likeness (QED) is 0.644. The second kappa shape index (κ2) is 7.93. The predicted octanol–water partition coefficient (Wildman–Crippen LogP) is 2.73. The van der Waals surface area contributed by atoms with Crippen LogP contribution in [0.5, 0.6) is 0 Å². The minimum Gasteiger partial charge on any atom is -0.385 e. The summed E-state index contributed by atoms with van der Waals surface area (Å²) in [5.74, 6) is 0. The summed E-state index contributed by atoms with van der Waals surface area (Å²) in [5, 5.41) is 3.06. The van der Waals surface area contributed by atoms with Gasteiger partial charge in [0.15, 0.2) is 0 Å². The number of alkyl halides is 3. The molecular formula is C10H20F3NO. The van der Waals surface area contributed by atoms with E-state index in [4.69, 9.17) is 4.74 Å². The van der Waals surface area contributed by atoms with E-state index < -0.39 is 12.6 Å². The van der Waals surface area contributed by atoms with Gasteiger partial charge in [-0.3, -0.25) is 0 Å². The normalized spacial score (nSPS) is 14.2. The summed E-state index contributed by atoms with van der Waals surface area (Å²) in [7, 11) is 1.60. The summed E-state index contributed by atoms with van der Waals surface area (Å²) >= 11 is 0. The van der Waals surface area contributed by atoms with E-state index >= 15 is 0 Å². The Kier molecular flexibility index (Phi) is 7.78. The van der Waals surface area contributed by atoms with Crippen molar-refractivity contribution >= 4 is 0 Å². The minimum atomic E-state index is -4.05. The number of nitrogens with one attached hydrogen (secondary N) is 1. The molecule has 0 radical (unpaired) electrons. The zero-order valence-corrected chi connectivity index (χ0v) is 9.36. The molecule has 92 valence electrons. The molecule has 1 unspecified atom stereocenters. The molecule has 0 amide bonds. The van der Waals surface area contributed by atoms with E-state index in [1.165, 1.54) is 0 Å². The van der Waals surface area contributed by atoms with Gasteiger partial charge in [-0.15, -0.1) is 0 Å². The van der Waals surface area contributed by atoms with Crippen LogP contribution in [0.1, 0.15) is 32.6 Å². The minimum absolute atomic E-state index is 0.0493. The predicted molar refractivity (Wildman–Crippen MR) is 53.9 cm³/mol. The Balaban J connectivity index is 3.72. The summed E-state index contributed by atoms with van der Waals surface area (Å²) in [6.07, 6.45) is -3.07. The highest BCUT2D eigenvalue weighted by atomic mass is 19.4. The van der Waals surface area contributed by atoms with Crippen LogP contribution in [0.25, 0.3) is 0 Å². The van der Waals surface area contributed by atoms with Crippen LogP contribution >= 0.6 is 0 Å². The zero-order chi connectivity index (χ0) is 11.7. The summed E-state index contributed by atoms with van der Waals surface area (Å²) in [5.41, 5.74) is 0. The van der Waals surface area contributed by atoms with Crippen molar-refractivity contribution in [2.45, 2.75) is 44.8 Å². The summed E-state index contributed by atoms with van der Waals surface area (Å²) in [6, 6.07) is -0.0493. The molecule has 0 aromatic rings. The SMILES string of the molecule is CCNC(CCCOC)CCC(F)(F)F. The lowest BCUT2D eigenvalue weighted by Crippen LogP contribution is -2.30. The number of rotatable bonds is 8. The van der Waals surface area contributed by atoms with Gasteiger partial charge in [-0.05, 0) is 25.8 Å². The Morgan fingerprint density at radius 1 is 1.27 bits per heavy atom. The number of hydrogen-bond donors (Lipinski definition) is 1. The van der Waals surface area contributed by atoms with Gasteiger partial charge in [0.25, 0.3) is 0 Å². The average Bonchev–Trinajstić information content (AvgIpc) is 2.13. The van der Waals surface area contributed by atoms with Crippen LogP contribution in [0.3, 0.4) is 0 Å². The maximum Gasteiger partial charge on any atom is 0.389 e. The molecular weight excluding hydrogens is 207 g/mol. The lowest BCUT2D eigenvalue weighted by atomic mass is 10.1. The van der Waals surface area contributed by atoms with Gasteiger partial charge >= 0.3 is 6.18 Å². The summed E-state index contributed by atoms with van der Waals surface area (Å²) < 4.78 is 40.8. The van der Waals surface area contributed by atoms with Gasteiger partial charge in [0.2, 0.25) is 0 Å². The topological polar surface area (TPSA) is 21.3 Å². The van der Waals surface area contributed by atoms with Gasteiger partial charge in [-0.2, -0.15) is 13.2 Å². The Bertz CT molecular complexity index is 150. The van der Waals surface area contributed by atoms with E-state index in [2.05, 4.69) is 5.32 Å². The Morgan fingerprint density at radius 3 is 2.40 bits per heavy atom. The Labute approximate surface area is 89.2 Å². The Hall–Kier alpha value is -0.290. The first-order chi connectivity index (χ1) is 6.99. The molecule has 0 aliphatic carbocycles. The van der Waals surface area contributed by atoms with Gasteiger partial charge in [-0.25, -0.2) is 0 Å². The molecule has 0 heterocycles. The maximum absolute atomic E-state index is 12.0. The fraction of sp³-hybridized carbons (Fsp3) is 1.00. The van der Waals surface area contributed by atoms with Crippen molar-refractivity contribution in [3.8, 4) is 0 Å². The first-order valence-corrected chi connectivity index (χ1v) is 5.28. The van der Waals surface area contributed by atoms with Gasteiger partial charge in [0.05, 0.1) is 0 Å². The Morgan fingerprint density at radius 2 is 1.93 bits per heavy atom. The molecule has 0 fully saturated rings. The highest BCUT2D eigenvalue weighted by Gasteiger charge is 2.27. The highest BCUT2D eigenvalue weighted by molar-refractivity contribution is 4.68. The first kappa shape index (κ1) is 14.7. The molecule has 0 aromatic carbocycles. The van der Waals surface area contributed by atoms with Gasteiger partial charge in [0, 0.05) is 26.2 Å². The average molecular weight is 227 g/mol. The molecule has 0 saturated carbocycles. The molecule has 0 saturated heterocycles. The zero-order valence-electron chi connectivity index (χ0n) is 9.36. The molecule has 0 rings (SSSR count). The van der Waals surface area contributed by atoms with Crippen LogP contribution in [-0.4, -0.2) is 32.5 Å². The fourth-order valence-electron chi connectivity index (χ4n) is 1.45. The van der Waals surface area contributed by atoms with E-state index in [-0.39, 0.29) is 12.5 Å². The van der Waals surface area contributed by atoms with E-state index in [0.717, 1.165) is 12.8 Å². The van der Waals surface area contributed by atoms with Crippen molar-refractivity contribution < 1.29 is 17.9 Å². The monoisotopic (exact) mass is 227 g/mol. The molecule has 15 heavy (non-hydrogen) atoms. The lowest BCUT2D eigenvalue weighted by Gasteiger charge is -2.18. The van der Waals surface area contributed by atoms with E-state index in [0.29, 0.717) is 13.2 Å². The van der Waals surface area contributed by atoms with Crippen LogP contribution in [0, 0.1) is 0 Å². The molecule has 0 aromatic heterocycles. The second-order valence-electron chi connectivity index (χ2n) is 3.54. The van der Waals surface area contributed by atoms with Crippen molar-refractivity contribution in [2.24, 2.45) is 0 Å². The molecule has 0 aliphatic heterocycles. The standard InChI is InChI=1S/C10H20F3NO/c1-3-14-9(5-4-8-15-2)6-7-10(11,12)13/h9,14H,3-8H2,1-2H3. The molecule has 1 atom stereocenters. The van der Waals surface area contributed by atoms with Crippen molar-refractivity contribution in [2.75, 3.05) is 20.3 Å². The molecule has 5 heteroatoms. The van der Waals surface area contributed by atoms with Crippen molar-refractivity contribution in [1.82, 2.24) is 5.32 Å².